The number of halogens is 1. The van der Waals surface area contributed by atoms with E-state index in [0.29, 0.717) is 10.7 Å². The van der Waals surface area contributed by atoms with Crippen molar-refractivity contribution in [1.82, 2.24) is 4.98 Å². The highest BCUT2D eigenvalue weighted by Crippen LogP contribution is 2.33. The van der Waals surface area contributed by atoms with Crippen LogP contribution in [0.4, 0.5) is 10.9 Å². The van der Waals surface area contributed by atoms with Gasteiger partial charge in [-0.3, -0.25) is 15.0 Å². The van der Waals surface area contributed by atoms with Gasteiger partial charge < -0.3 is 0 Å². The van der Waals surface area contributed by atoms with Crippen molar-refractivity contribution in [3.63, 3.8) is 0 Å². The maximum absolute atomic E-state index is 12.7. The lowest BCUT2D eigenvalue weighted by molar-refractivity contribution is -0.364. The lowest BCUT2D eigenvalue weighted by Crippen LogP contribution is -2.29. The molecule has 0 radical (unpaired) electrons. The fraction of sp³-hybridized carbons (Fsp3) is 0.235. The maximum Gasteiger partial charge on any atom is 0.287 e. The van der Waals surface area contributed by atoms with Crippen LogP contribution in [0.2, 0.25) is 4.34 Å². The van der Waals surface area contributed by atoms with Gasteiger partial charge in [-0.05, 0) is 37.1 Å². The van der Waals surface area contributed by atoms with Crippen LogP contribution in [0, 0.1) is 0 Å². The number of nitrogens with zero attached hydrogens (tertiary/aromatic N) is 2. The highest BCUT2D eigenvalue weighted by molar-refractivity contribution is 7.20. The van der Waals surface area contributed by atoms with Crippen molar-refractivity contribution in [2.75, 3.05) is 23.3 Å². The van der Waals surface area contributed by atoms with Crippen LogP contribution >= 0.6 is 34.3 Å². The lowest BCUT2D eigenvalue weighted by Gasteiger charge is -2.11. The van der Waals surface area contributed by atoms with Crippen molar-refractivity contribution in [3.05, 3.63) is 45.7 Å². The van der Waals surface area contributed by atoms with Gasteiger partial charge in [-0.25, -0.2) is 9.97 Å². The maximum atomic E-state index is 12.7. The summed E-state index contributed by atoms with van der Waals surface area (Å²) in [5.41, 5.74) is 1.47. The number of thiazole rings is 1. The van der Waals surface area contributed by atoms with Gasteiger partial charge in [0.1, 0.15) is 5.56 Å². The fourth-order valence-corrected chi connectivity index (χ4v) is 4.66. The molecule has 25 heavy (non-hydrogen) atoms. The Morgan fingerprint density at radius 1 is 1.28 bits per heavy atom. The normalized spacial score (nSPS) is 14.0. The highest BCUT2D eigenvalue weighted by atomic mass is 35.5. The number of anilines is 2. The molecule has 4 heterocycles. The van der Waals surface area contributed by atoms with E-state index >= 15 is 0 Å². The van der Waals surface area contributed by atoms with Gasteiger partial charge in [0.2, 0.25) is 0 Å². The van der Waals surface area contributed by atoms with E-state index in [4.69, 9.17) is 11.6 Å². The van der Waals surface area contributed by atoms with Crippen LogP contribution in [0.3, 0.4) is 0 Å². The molecule has 0 spiro atoms. The minimum Gasteiger partial charge on any atom is -0.298 e. The second kappa shape index (κ2) is 7.11. The van der Waals surface area contributed by atoms with Crippen LogP contribution in [-0.2, 0) is 0 Å². The predicted octanol–water partition coefficient (Wildman–Crippen LogP) is 4.19. The van der Waals surface area contributed by atoms with Crippen LogP contribution in [0.25, 0.3) is 10.6 Å². The zero-order valence-electron chi connectivity index (χ0n) is 13.3. The third-order valence-electron chi connectivity index (χ3n) is 4.05. The van der Waals surface area contributed by atoms with Gasteiger partial charge in [0, 0.05) is 5.38 Å². The van der Waals surface area contributed by atoms with E-state index in [2.05, 4.69) is 20.2 Å². The summed E-state index contributed by atoms with van der Waals surface area (Å²) in [6, 6.07) is 7.47. The van der Waals surface area contributed by atoms with Crippen LogP contribution in [0.5, 0.6) is 0 Å². The van der Waals surface area contributed by atoms with Crippen LogP contribution in [0.15, 0.2) is 35.8 Å². The molecule has 1 amide bonds. The standard InChI is InChI=1S/C17H15ClN4OS2/c18-14-6-5-13(25-14)12-10-24-17(20-12)21-16(23)11-4-3-7-19-15(11)22-8-1-2-9-22/h3-7,10H,1-2,8-9H2,(H,20,21,23)/p+1. The van der Waals surface area contributed by atoms with E-state index in [-0.39, 0.29) is 5.91 Å². The minimum absolute atomic E-state index is 0.149. The van der Waals surface area contributed by atoms with Gasteiger partial charge in [0.15, 0.2) is 5.13 Å². The van der Waals surface area contributed by atoms with Gasteiger partial charge in [0.05, 0.1) is 34.2 Å². The summed E-state index contributed by atoms with van der Waals surface area (Å²) in [6.45, 7) is 1.95. The van der Waals surface area contributed by atoms with E-state index in [9.17, 15) is 4.79 Å². The van der Waals surface area contributed by atoms with Crippen molar-refractivity contribution >= 4 is 51.1 Å². The van der Waals surface area contributed by atoms with Gasteiger partial charge in [-0.1, -0.05) is 11.6 Å². The number of nitrogens with one attached hydrogen (secondary N) is 2. The Kier molecular flexibility index (Phi) is 4.70. The zero-order chi connectivity index (χ0) is 17.2. The predicted molar refractivity (Wildman–Crippen MR) is 103 cm³/mol. The molecule has 1 aliphatic rings. The van der Waals surface area contributed by atoms with Crippen LogP contribution < -0.4 is 15.2 Å². The molecule has 2 N–H and O–H groups in total. The van der Waals surface area contributed by atoms with E-state index in [0.717, 1.165) is 46.7 Å². The number of aromatic nitrogens is 2. The van der Waals surface area contributed by atoms with Gasteiger partial charge >= 0.3 is 0 Å². The summed E-state index contributed by atoms with van der Waals surface area (Å²) in [5.74, 6) is 0.725. The smallest absolute Gasteiger partial charge is 0.287 e. The zero-order valence-corrected chi connectivity index (χ0v) is 15.7. The van der Waals surface area contributed by atoms with Gasteiger partial charge in [-0.2, -0.15) is 0 Å². The Morgan fingerprint density at radius 2 is 2.12 bits per heavy atom. The molecule has 0 saturated carbocycles. The fourth-order valence-electron chi connectivity index (χ4n) is 2.87. The van der Waals surface area contributed by atoms with E-state index in [1.54, 1.807) is 0 Å². The first-order chi connectivity index (χ1) is 12.2. The molecule has 3 aromatic heterocycles. The number of carbonyl (C=O) groups is 1. The molecule has 1 aliphatic heterocycles. The van der Waals surface area contributed by atoms with Crippen molar-refractivity contribution in [1.29, 1.82) is 0 Å². The molecule has 5 nitrogen and oxygen atoms in total. The lowest BCUT2D eigenvalue weighted by atomic mass is 10.2. The molecule has 1 fully saturated rings. The minimum atomic E-state index is -0.149. The third kappa shape index (κ3) is 3.53. The summed E-state index contributed by atoms with van der Waals surface area (Å²) in [5, 5.41) is 5.42. The number of pyridine rings is 1. The van der Waals surface area contributed by atoms with Gasteiger partial charge in [-0.15, -0.1) is 22.7 Å². The topological polar surface area (TPSA) is 59.4 Å². The number of hydrogen-bond donors (Lipinski definition) is 1. The van der Waals surface area contributed by atoms with Crippen molar-refractivity contribution in [2.45, 2.75) is 12.8 Å². The average Bonchev–Trinajstić information content (AvgIpc) is 3.36. The first kappa shape index (κ1) is 16.5. The average molecular weight is 392 g/mol. The van der Waals surface area contributed by atoms with Crippen LogP contribution in [-0.4, -0.2) is 24.0 Å². The number of thiophene rings is 1. The third-order valence-corrected chi connectivity index (χ3v) is 6.06. The summed E-state index contributed by atoms with van der Waals surface area (Å²) in [7, 11) is 0. The second-order valence-corrected chi connectivity index (χ2v) is 8.30. The quantitative estimate of drug-likeness (QED) is 0.725. The molecule has 3 aromatic rings. The van der Waals surface area contributed by atoms with E-state index in [1.807, 2.05) is 35.8 Å². The van der Waals surface area contributed by atoms with Crippen molar-refractivity contribution in [2.24, 2.45) is 0 Å². The molecule has 0 unspecified atom stereocenters. The first-order valence-corrected chi connectivity index (χ1v) is 10.1. The molecule has 0 aliphatic carbocycles. The summed E-state index contributed by atoms with van der Waals surface area (Å²) >= 11 is 8.86. The first-order valence-electron chi connectivity index (χ1n) is 7.99. The number of amides is 1. The number of H-pyrrole nitrogens is 1. The Balaban J connectivity index is 1.54. The molecule has 0 bridgehead atoms. The number of rotatable bonds is 4. The number of carbonyl (C=O) groups excluding carboxylic acids is 1. The molecule has 4 rings (SSSR count). The molecule has 1 saturated heterocycles. The van der Waals surface area contributed by atoms with Crippen molar-refractivity contribution < 1.29 is 9.78 Å². The molecular formula is C17H16ClN4OS2+. The SMILES string of the molecule is O=C(Nc1nc(-c2ccc(Cl)s2)cs1)c1ccc[nH+]c1N1CCCC1. The Morgan fingerprint density at radius 3 is 2.88 bits per heavy atom. The summed E-state index contributed by atoms with van der Waals surface area (Å²) in [4.78, 5) is 23.7. The Hall–Kier alpha value is -1.96. The Labute approximate surface area is 158 Å². The van der Waals surface area contributed by atoms with Crippen LogP contribution in [0.1, 0.15) is 23.2 Å². The molecule has 8 heteroatoms. The summed E-state index contributed by atoms with van der Waals surface area (Å²) in [6.07, 6.45) is 4.17. The number of hydrogen-bond acceptors (Lipinski definition) is 5. The molecule has 128 valence electrons. The monoisotopic (exact) mass is 391 g/mol. The molecule has 0 aromatic carbocycles. The largest absolute Gasteiger partial charge is 0.298 e. The Bertz CT molecular complexity index is 901. The van der Waals surface area contributed by atoms with Gasteiger partial charge in [0.25, 0.3) is 11.7 Å². The number of aromatic amines is 1. The summed E-state index contributed by atoms with van der Waals surface area (Å²) < 4.78 is 0.726. The van der Waals surface area contributed by atoms with Crippen molar-refractivity contribution in [3.8, 4) is 10.6 Å². The van der Waals surface area contributed by atoms with E-state index < -0.39 is 0 Å². The molecular weight excluding hydrogens is 376 g/mol. The molecule has 0 atom stereocenters. The van der Waals surface area contributed by atoms with E-state index in [1.165, 1.54) is 22.7 Å². The second-order valence-electron chi connectivity index (χ2n) is 5.72. The highest BCUT2D eigenvalue weighted by Gasteiger charge is 2.27.